The fraction of sp³-hybridized carbons (Fsp3) is 0. The number of halogens is 1. The molecule has 0 unspecified atom stereocenters. The Bertz CT molecular complexity index is 1470. The van der Waals surface area contributed by atoms with Crippen molar-refractivity contribution in [3.05, 3.63) is 113 Å². The van der Waals surface area contributed by atoms with Gasteiger partial charge in [-0.3, -0.25) is 0 Å². The van der Waals surface area contributed by atoms with Crippen molar-refractivity contribution in [1.82, 2.24) is 15.0 Å². The van der Waals surface area contributed by atoms with E-state index in [1.807, 2.05) is 103 Å². The zero-order valence-electron chi connectivity index (χ0n) is 17.5. The van der Waals surface area contributed by atoms with Crippen LogP contribution in [0.5, 0.6) is 0 Å². The SMILES string of the molecule is N#Cc1ccc(-c2ccccc2-c2nc(-c3ccccc3)nc(-c3ccccc3Br)n2)cc1. The van der Waals surface area contributed by atoms with E-state index in [1.54, 1.807) is 0 Å². The summed E-state index contributed by atoms with van der Waals surface area (Å²) in [5.74, 6) is 1.80. The van der Waals surface area contributed by atoms with Gasteiger partial charge in [0.05, 0.1) is 11.6 Å². The largest absolute Gasteiger partial charge is 0.208 e. The van der Waals surface area contributed by atoms with Crippen LogP contribution in [0.4, 0.5) is 0 Å². The lowest BCUT2D eigenvalue weighted by Gasteiger charge is -2.12. The fourth-order valence-electron chi connectivity index (χ4n) is 3.63. The summed E-state index contributed by atoms with van der Waals surface area (Å²) in [5.41, 5.74) is 5.33. The van der Waals surface area contributed by atoms with Gasteiger partial charge in [-0.15, -0.1) is 0 Å². The van der Waals surface area contributed by atoms with E-state index >= 15 is 0 Å². The van der Waals surface area contributed by atoms with Gasteiger partial charge in [0.25, 0.3) is 0 Å². The standard InChI is InChI=1S/C28H17BrN4/c29-25-13-7-6-12-24(25)28-32-26(21-8-2-1-3-9-21)31-27(33-28)23-11-5-4-10-22(23)20-16-14-19(18-30)15-17-20/h1-17H. The molecule has 0 bridgehead atoms. The van der Waals surface area contributed by atoms with Crippen LogP contribution in [-0.2, 0) is 0 Å². The highest BCUT2D eigenvalue weighted by Gasteiger charge is 2.16. The second-order valence-electron chi connectivity index (χ2n) is 7.39. The number of hydrogen-bond acceptors (Lipinski definition) is 4. The molecule has 0 amide bonds. The van der Waals surface area contributed by atoms with Gasteiger partial charge in [-0.2, -0.15) is 5.26 Å². The molecule has 4 nitrogen and oxygen atoms in total. The molecule has 1 aromatic heterocycles. The predicted molar refractivity (Wildman–Crippen MR) is 134 cm³/mol. The summed E-state index contributed by atoms with van der Waals surface area (Å²) < 4.78 is 0.918. The smallest absolute Gasteiger partial charge is 0.165 e. The lowest BCUT2D eigenvalue weighted by atomic mass is 9.98. The van der Waals surface area contributed by atoms with Gasteiger partial charge in [0.1, 0.15) is 0 Å². The first-order chi connectivity index (χ1) is 16.2. The molecule has 0 radical (unpaired) electrons. The van der Waals surface area contributed by atoms with Crippen molar-refractivity contribution in [2.24, 2.45) is 0 Å². The van der Waals surface area contributed by atoms with Gasteiger partial charge in [0.2, 0.25) is 0 Å². The molecular weight excluding hydrogens is 472 g/mol. The maximum atomic E-state index is 9.15. The molecule has 0 aliphatic rings. The molecule has 4 aromatic carbocycles. The van der Waals surface area contributed by atoms with Gasteiger partial charge >= 0.3 is 0 Å². The van der Waals surface area contributed by atoms with Crippen molar-refractivity contribution < 1.29 is 0 Å². The molecule has 0 atom stereocenters. The highest BCUT2D eigenvalue weighted by molar-refractivity contribution is 9.10. The van der Waals surface area contributed by atoms with Crippen LogP contribution < -0.4 is 0 Å². The molecule has 33 heavy (non-hydrogen) atoms. The number of aromatic nitrogens is 3. The summed E-state index contributed by atoms with van der Waals surface area (Å²) in [4.78, 5) is 14.5. The third kappa shape index (κ3) is 4.30. The molecule has 0 aliphatic heterocycles. The normalized spacial score (nSPS) is 10.5. The maximum absolute atomic E-state index is 9.15. The maximum Gasteiger partial charge on any atom is 0.165 e. The Balaban J connectivity index is 1.73. The van der Waals surface area contributed by atoms with Crippen molar-refractivity contribution in [3.63, 3.8) is 0 Å². The lowest BCUT2D eigenvalue weighted by Crippen LogP contribution is -2.01. The molecule has 5 heteroatoms. The topological polar surface area (TPSA) is 62.5 Å². The van der Waals surface area contributed by atoms with Crippen LogP contribution in [0, 0.1) is 11.3 Å². The number of benzene rings is 4. The van der Waals surface area contributed by atoms with Gasteiger partial charge in [-0.05, 0) is 29.3 Å². The van der Waals surface area contributed by atoms with Crippen LogP contribution in [0.15, 0.2) is 108 Å². The Labute approximate surface area is 200 Å². The molecule has 0 aliphatic carbocycles. The highest BCUT2D eigenvalue weighted by Crippen LogP contribution is 2.33. The summed E-state index contributed by atoms with van der Waals surface area (Å²) in [6.07, 6.45) is 0. The van der Waals surface area contributed by atoms with Crippen LogP contribution in [0.3, 0.4) is 0 Å². The summed E-state index contributed by atoms with van der Waals surface area (Å²) in [6.45, 7) is 0. The minimum absolute atomic E-state index is 0.592. The zero-order valence-corrected chi connectivity index (χ0v) is 19.1. The van der Waals surface area contributed by atoms with Crippen molar-refractivity contribution >= 4 is 15.9 Å². The molecule has 5 rings (SSSR count). The van der Waals surface area contributed by atoms with Gasteiger partial charge in [-0.1, -0.05) is 101 Å². The van der Waals surface area contributed by atoms with E-state index < -0.39 is 0 Å². The first-order valence-electron chi connectivity index (χ1n) is 10.4. The fourth-order valence-corrected chi connectivity index (χ4v) is 4.09. The van der Waals surface area contributed by atoms with Crippen molar-refractivity contribution in [2.45, 2.75) is 0 Å². The van der Waals surface area contributed by atoms with Crippen LogP contribution in [-0.4, -0.2) is 15.0 Å². The van der Waals surface area contributed by atoms with Crippen LogP contribution in [0.2, 0.25) is 0 Å². The lowest BCUT2D eigenvalue weighted by molar-refractivity contribution is 1.07. The van der Waals surface area contributed by atoms with Crippen molar-refractivity contribution in [1.29, 1.82) is 5.26 Å². The van der Waals surface area contributed by atoms with Crippen molar-refractivity contribution in [2.75, 3.05) is 0 Å². The minimum atomic E-state index is 0.592. The minimum Gasteiger partial charge on any atom is -0.208 e. The average Bonchev–Trinajstić information content (AvgIpc) is 2.89. The molecular formula is C28H17BrN4. The summed E-state index contributed by atoms with van der Waals surface area (Å²) in [5, 5.41) is 9.15. The van der Waals surface area contributed by atoms with Gasteiger partial charge in [0, 0.05) is 21.2 Å². The average molecular weight is 489 g/mol. The molecule has 1 heterocycles. The van der Waals surface area contributed by atoms with E-state index in [0.717, 1.165) is 32.3 Å². The quantitative estimate of drug-likeness (QED) is 0.268. The summed E-state index contributed by atoms with van der Waals surface area (Å²) >= 11 is 3.63. The van der Waals surface area contributed by atoms with E-state index in [-0.39, 0.29) is 0 Å². The number of hydrogen-bond donors (Lipinski definition) is 0. The third-order valence-corrected chi connectivity index (χ3v) is 5.97. The van der Waals surface area contributed by atoms with E-state index in [9.17, 15) is 0 Å². The van der Waals surface area contributed by atoms with Gasteiger partial charge < -0.3 is 0 Å². The molecule has 5 aromatic rings. The number of nitrogens with zero attached hydrogens (tertiary/aromatic N) is 4. The monoisotopic (exact) mass is 488 g/mol. The second-order valence-corrected chi connectivity index (χ2v) is 8.24. The molecule has 0 spiro atoms. The third-order valence-electron chi connectivity index (χ3n) is 5.28. The highest BCUT2D eigenvalue weighted by atomic mass is 79.9. The molecule has 156 valence electrons. The molecule has 0 saturated carbocycles. The first kappa shape index (κ1) is 20.7. The van der Waals surface area contributed by atoms with Gasteiger partial charge in [0.15, 0.2) is 17.5 Å². The first-order valence-corrected chi connectivity index (χ1v) is 11.2. The zero-order chi connectivity index (χ0) is 22.6. The Morgan fingerprint density at radius 1 is 0.515 bits per heavy atom. The number of rotatable bonds is 4. The Hall–Kier alpha value is -4.14. The summed E-state index contributed by atoms with van der Waals surface area (Å²) in [7, 11) is 0. The van der Waals surface area contributed by atoms with E-state index in [4.69, 9.17) is 20.2 Å². The van der Waals surface area contributed by atoms with Crippen LogP contribution in [0.1, 0.15) is 5.56 Å². The predicted octanol–water partition coefficient (Wildman–Crippen LogP) is 7.17. The van der Waals surface area contributed by atoms with Crippen LogP contribution >= 0.6 is 15.9 Å². The Kier molecular flexibility index (Phi) is 5.75. The van der Waals surface area contributed by atoms with E-state index in [1.165, 1.54) is 0 Å². The molecule has 0 N–H and O–H groups in total. The Morgan fingerprint density at radius 2 is 1.06 bits per heavy atom. The Morgan fingerprint density at radius 3 is 1.73 bits per heavy atom. The molecule has 0 fully saturated rings. The number of nitriles is 1. The summed E-state index contributed by atoms with van der Waals surface area (Å²) in [6, 6.07) is 35.6. The second kappa shape index (κ2) is 9.15. The van der Waals surface area contributed by atoms with E-state index in [2.05, 4.69) is 22.0 Å². The van der Waals surface area contributed by atoms with Crippen molar-refractivity contribution in [3.8, 4) is 51.4 Å². The van der Waals surface area contributed by atoms with E-state index in [0.29, 0.717) is 23.0 Å². The molecule has 0 saturated heterocycles. The van der Waals surface area contributed by atoms with Gasteiger partial charge in [-0.25, -0.2) is 15.0 Å². The van der Waals surface area contributed by atoms with Crippen LogP contribution in [0.25, 0.3) is 45.3 Å².